The lowest BCUT2D eigenvalue weighted by Gasteiger charge is -2.10. The van der Waals surface area contributed by atoms with Crippen molar-refractivity contribution in [3.63, 3.8) is 0 Å². The molecule has 3 rings (SSSR count). The van der Waals surface area contributed by atoms with Crippen LogP contribution in [0.4, 0.5) is 0 Å². The third-order valence-electron chi connectivity index (χ3n) is 4.09. The van der Waals surface area contributed by atoms with Gasteiger partial charge in [0.25, 0.3) is 5.91 Å². The molecule has 2 N–H and O–H groups in total. The van der Waals surface area contributed by atoms with E-state index in [1.807, 2.05) is 42.7 Å². The van der Waals surface area contributed by atoms with Crippen molar-refractivity contribution in [1.82, 2.24) is 25.6 Å². The molecular weight excluding hydrogens is 390 g/mol. The Kier molecular flexibility index (Phi) is 6.50. The lowest BCUT2D eigenvalue weighted by Crippen LogP contribution is -2.42. The second kappa shape index (κ2) is 9.24. The van der Waals surface area contributed by atoms with Crippen molar-refractivity contribution in [2.45, 2.75) is 19.0 Å². The van der Waals surface area contributed by atoms with Crippen molar-refractivity contribution < 1.29 is 14.3 Å². The van der Waals surface area contributed by atoms with Crippen LogP contribution in [-0.2, 0) is 4.79 Å². The van der Waals surface area contributed by atoms with Gasteiger partial charge in [0.2, 0.25) is 5.91 Å². The first-order chi connectivity index (χ1) is 14.0. The number of methoxy groups -OCH3 is 1. The number of benzene rings is 2. The van der Waals surface area contributed by atoms with Crippen molar-refractivity contribution in [2.24, 2.45) is 0 Å². The van der Waals surface area contributed by atoms with Gasteiger partial charge in [-0.1, -0.05) is 29.5 Å². The third kappa shape index (κ3) is 5.14. The van der Waals surface area contributed by atoms with E-state index in [9.17, 15) is 9.59 Å². The fourth-order valence-corrected chi connectivity index (χ4v) is 3.33. The molecule has 0 aliphatic rings. The van der Waals surface area contributed by atoms with Gasteiger partial charge in [-0.3, -0.25) is 25.0 Å². The Hall–Kier alpha value is -3.33. The van der Waals surface area contributed by atoms with Crippen molar-refractivity contribution in [2.75, 3.05) is 12.9 Å². The molecule has 150 valence electrons. The zero-order valence-electron chi connectivity index (χ0n) is 16.3. The minimum atomic E-state index is -0.412. The molecule has 9 heteroatoms. The molecule has 29 heavy (non-hydrogen) atoms. The normalized spacial score (nSPS) is 10.4. The Balaban J connectivity index is 1.56. The van der Waals surface area contributed by atoms with E-state index in [4.69, 9.17) is 4.74 Å². The summed E-state index contributed by atoms with van der Waals surface area (Å²) in [4.78, 5) is 24.2. The summed E-state index contributed by atoms with van der Waals surface area (Å²) in [5.41, 5.74) is 7.29. The van der Waals surface area contributed by atoms with Crippen LogP contribution in [0.5, 0.6) is 5.75 Å². The Morgan fingerprint density at radius 3 is 2.34 bits per heavy atom. The van der Waals surface area contributed by atoms with Crippen molar-refractivity contribution in [1.29, 1.82) is 0 Å². The Labute approximate surface area is 172 Å². The highest BCUT2D eigenvalue weighted by atomic mass is 32.2. The van der Waals surface area contributed by atoms with Gasteiger partial charge in [0.05, 0.1) is 12.9 Å². The van der Waals surface area contributed by atoms with Crippen LogP contribution < -0.4 is 15.6 Å². The van der Waals surface area contributed by atoms with E-state index < -0.39 is 5.91 Å². The molecule has 0 aliphatic heterocycles. The molecule has 0 saturated carbocycles. The van der Waals surface area contributed by atoms with Crippen LogP contribution in [-0.4, -0.2) is 39.4 Å². The largest absolute Gasteiger partial charge is 0.497 e. The van der Waals surface area contributed by atoms with Crippen molar-refractivity contribution >= 4 is 23.6 Å². The smallest absolute Gasteiger partial charge is 0.269 e. The number of nitrogens with zero attached hydrogens (tertiary/aromatic N) is 3. The molecule has 0 fully saturated rings. The molecule has 2 amide bonds. The minimum absolute atomic E-state index is 0.0763. The lowest BCUT2D eigenvalue weighted by molar-refractivity contribution is -0.119. The predicted octanol–water partition coefficient (Wildman–Crippen LogP) is 2.45. The van der Waals surface area contributed by atoms with Gasteiger partial charge in [0.1, 0.15) is 11.6 Å². The SMILES string of the molecule is COc1ccc(C(=O)NNC(=O)CSc2nnc(C)n2-c2ccc(C)cc2)cc1. The summed E-state index contributed by atoms with van der Waals surface area (Å²) in [6.45, 7) is 3.87. The molecule has 0 bridgehead atoms. The molecule has 0 saturated heterocycles. The lowest BCUT2D eigenvalue weighted by atomic mass is 10.2. The number of hydrazine groups is 1. The van der Waals surface area contributed by atoms with E-state index in [0.717, 1.165) is 17.1 Å². The number of aryl methyl sites for hydroxylation is 2. The van der Waals surface area contributed by atoms with Gasteiger partial charge in [-0.15, -0.1) is 10.2 Å². The van der Waals surface area contributed by atoms with Gasteiger partial charge < -0.3 is 4.74 Å². The summed E-state index contributed by atoms with van der Waals surface area (Å²) in [5.74, 6) is 0.685. The number of aromatic nitrogens is 3. The molecule has 0 radical (unpaired) electrons. The zero-order chi connectivity index (χ0) is 20.8. The Morgan fingerprint density at radius 1 is 1.00 bits per heavy atom. The van der Waals surface area contributed by atoms with Gasteiger partial charge in [-0.05, 0) is 50.2 Å². The summed E-state index contributed by atoms with van der Waals surface area (Å²) >= 11 is 1.24. The maximum absolute atomic E-state index is 12.1. The van der Waals surface area contributed by atoms with Gasteiger partial charge in [0, 0.05) is 11.3 Å². The first-order valence-corrected chi connectivity index (χ1v) is 9.81. The second-order valence-electron chi connectivity index (χ2n) is 6.22. The molecule has 1 heterocycles. The van der Waals surface area contributed by atoms with Gasteiger partial charge >= 0.3 is 0 Å². The molecule has 1 aromatic heterocycles. The van der Waals surface area contributed by atoms with Crippen LogP contribution in [0.2, 0.25) is 0 Å². The molecule has 3 aromatic rings. The highest BCUT2D eigenvalue weighted by Gasteiger charge is 2.14. The van der Waals surface area contributed by atoms with Gasteiger partial charge in [-0.25, -0.2) is 0 Å². The van der Waals surface area contributed by atoms with Gasteiger partial charge in [-0.2, -0.15) is 0 Å². The van der Waals surface area contributed by atoms with Crippen molar-refractivity contribution in [3.8, 4) is 11.4 Å². The number of rotatable bonds is 6. The highest BCUT2D eigenvalue weighted by molar-refractivity contribution is 7.99. The molecule has 8 nitrogen and oxygen atoms in total. The molecule has 2 aromatic carbocycles. The summed E-state index contributed by atoms with van der Waals surface area (Å²) in [6, 6.07) is 14.5. The molecular formula is C20H21N5O3S. The Morgan fingerprint density at radius 2 is 1.69 bits per heavy atom. The first-order valence-electron chi connectivity index (χ1n) is 8.83. The van der Waals surface area contributed by atoms with Crippen LogP contribution in [0.3, 0.4) is 0 Å². The van der Waals surface area contributed by atoms with Crippen LogP contribution >= 0.6 is 11.8 Å². The number of hydrogen-bond acceptors (Lipinski definition) is 6. The fourth-order valence-electron chi connectivity index (χ4n) is 2.53. The van der Waals surface area contributed by atoms with E-state index in [0.29, 0.717) is 16.5 Å². The van der Waals surface area contributed by atoms with Crippen LogP contribution in [0.1, 0.15) is 21.7 Å². The average molecular weight is 411 g/mol. The number of ether oxygens (including phenoxy) is 1. The van der Waals surface area contributed by atoms with Gasteiger partial charge in [0.15, 0.2) is 5.16 Å². The summed E-state index contributed by atoms with van der Waals surface area (Å²) in [6.07, 6.45) is 0. The van der Waals surface area contributed by atoms with E-state index in [1.165, 1.54) is 11.8 Å². The maximum Gasteiger partial charge on any atom is 0.269 e. The maximum atomic E-state index is 12.1. The number of amides is 2. The molecule has 0 unspecified atom stereocenters. The van der Waals surface area contributed by atoms with E-state index in [-0.39, 0.29) is 11.7 Å². The molecule has 0 atom stereocenters. The quantitative estimate of drug-likeness (QED) is 0.478. The standard InChI is InChI=1S/C20H21N5O3S/c1-13-4-8-16(9-5-13)25-14(2)21-24-20(25)29-12-18(26)22-23-19(27)15-6-10-17(28-3)11-7-15/h4-11H,12H2,1-3H3,(H,22,26)(H,23,27). The van der Waals surface area contributed by atoms with Crippen molar-refractivity contribution in [3.05, 3.63) is 65.5 Å². The summed E-state index contributed by atoms with van der Waals surface area (Å²) < 4.78 is 6.94. The summed E-state index contributed by atoms with van der Waals surface area (Å²) in [5, 5.41) is 8.84. The fraction of sp³-hybridized carbons (Fsp3) is 0.200. The third-order valence-corrected chi connectivity index (χ3v) is 5.02. The average Bonchev–Trinajstić information content (AvgIpc) is 3.11. The second-order valence-corrected chi connectivity index (χ2v) is 7.16. The van der Waals surface area contributed by atoms with Crippen LogP contribution in [0, 0.1) is 13.8 Å². The number of nitrogens with one attached hydrogen (secondary N) is 2. The number of carbonyl (C=O) groups is 2. The van der Waals surface area contributed by atoms with Crippen LogP contribution in [0.15, 0.2) is 53.7 Å². The number of carbonyl (C=O) groups excluding carboxylic acids is 2. The molecule has 0 spiro atoms. The van der Waals surface area contributed by atoms with Crippen LogP contribution in [0.25, 0.3) is 5.69 Å². The van der Waals surface area contributed by atoms with E-state index in [1.54, 1.807) is 31.4 Å². The topological polar surface area (TPSA) is 98.1 Å². The predicted molar refractivity (Wildman–Crippen MR) is 110 cm³/mol. The first kappa shape index (κ1) is 20.4. The Bertz CT molecular complexity index is 1000. The summed E-state index contributed by atoms with van der Waals surface area (Å²) in [7, 11) is 1.55. The van der Waals surface area contributed by atoms with E-state index in [2.05, 4.69) is 21.0 Å². The highest BCUT2D eigenvalue weighted by Crippen LogP contribution is 2.21. The number of thioether (sulfide) groups is 1. The van der Waals surface area contributed by atoms with E-state index >= 15 is 0 Å². The molecule has 0 aliphatic carbocycles. The monoisotopic (exact) mass is 411 g/mol. The minimum Gasteiger partial charge on any atom is -0.497 e. The number of hydrogen-bond donors (Lipinski definition) is 2. The zero-order valence-corrected chi connectivity index (χ0v) is 17.1.